The van der Waals surface area contributed by atoms with Gasteiger partial charge in [0.05, 0.1) is 18.5 Å². The van der Waals surface area contributed by atoms with Gasteiger partial charge in [0.2, 0.25) is 0 Å². The zero-order valence-electron chi connectivity index (χ0n) is 10.2. The third-order valence-electron chi connectivity index (χ3n) is 2.45. The van der Waals surface area contributed by atoms with Crippen molar-refractivity contribution in [3.05, 3.63) is 25.5 Å². The average molecular weight is 284 g/mol. The van der Waals surface area contributed by atoms with Crippen LogP contribution < -0.4 is 5.73 Å². The first kappa shape index (κ1) is 13.6. The molecule has 1 atom stereocenters. The summed E-state index contributed by atoms with van der Waals surface area (Å²) in [5, 5.41) is 0. The number of nitrogens with zero attached hydrogens (tertiary/aromatic N) is 4. The van der Waals surface area contributed by atoms with Crippen molar-refractivity contribution in [3.8, 4) is 0 Å². The van der Waals surface area contributed by atoms with Gasteiger partial charge in [0.15, 0.2) is 11.5 Å². The molecule has 0 spiro atoms. The molecule has 0 saturated carbocycles. The zero-order valence-corrected chi connectivity index (χ0v) is 11.0. The molecule has 102 valence electrons. The summed E-state index contributed by atoms with van der Waals surface area (Å²) in [4.78, 5) is 12.1. The molecule has 7 nitrogen and oxygen atoms in total. The molecule has 0 aliphatic heterocycles. The van der Waals surface area contributed by atoms with Crippen molar-refractivity contribution in [3.63, 3.8) is 0 Å². The second kappa shape index (κ2) is 6.35. The van der Waals surface area contributed by atoms with Crippen LogP contribution in [0, 0.1) is 0 Å². The molecule has 0 bridgehead atoms. The number of hydrogen-bond acceptors (Lipinski definition) is 6. The van der Waals surface area contributed by atoms with Crippen LogP contribution in [0.5, 0.6) is 0 Å². The third kappa shape index (κ3) is 3.12. The van der Waals surface area contributed by atoms with E-state index >= 15 is 0 Å². The second-order valence-corrected chi connectivity index (χ2v) is 4.03. The molecule has 2 heterocycles. The number of hydrogen-bond donors (Lipinski definition) is 1. The van der Waals surface area contributed by atoms with Crippen molar-refractivity contribution in [1.82, 2.24) is 19.5 Å². The number of alkyl halides is 1. The fraction of sp³-hybridized carbons (Fsp3) is 0.364. The highest BCUT2D eigenvalue weighted by Crippen LogP contribution is 2.14. The number of nitrogen functional groups attached to an aromatic ring is 1. The summed E-state index contributed by atoms with van der Waals surface area (Å²) >= 11 is 5.78. The Labute approximate surface area is 115 Å². The quantitative estimate of drug-likeness (QED) is 0.606. The number of rotatable bonds is 7. The van der Waals surface area contributed by atoms with Gasteiger partial charge in [-0.1, -0.05) is 6.58 Å². The highest BCUT2D eigenvalue weighted by Gasteiger charge is 2.11. The molecule has 0 aliphatic carbocycles. The predicted octanol–water partition coefficient (Wildman–Crippen LogP) is 1.15. The van der Waals surface area contributed by atoms with Crippen LogP contribution in [0.25, 0.3) is 11.2 Å². The lowest BCUT2D eigenvalue weighted by Crippen LogP contribution is -2.22. The van der Waals surface area contributed by atoms with Gasteiger partial charge in [-0.15, -0.1) is 11.6 Å². The van der Waals surface area contributed by atoms with E-state index in [-0.39, 0.29) is 12.8 Å². The maximum Gasteiger partial charge on any atom is 0.167 e. The van der Waals surface area contributed by atoms with Crippen molar-refractivity contribution < 1.29 is 9.47 Å². The van der Waals surface area contributed by atoms with Crippen molar-refractivity contribution in [2.45, 2.75) is 12.8 Å². The number of nitrogens with two attached hydrogens (primary N) is 1. The third-order valence-corrected chi connectivity index (χ3v) is 2.80. The van der Waals surface area contributed by atoms with Gasteiger partial charge in [-0.25, -0.2) is 15.0 Å². The van der Waals surface area contributed by atoms with Gasteiger partial charge in [-0.2, -0.15) is 0 Å². The Morgan fingerprint density at radius 3 is 3.05 bits per heavy atom. The van der Waals surface area contributed by atoms with Crippen LogP contribution in [-0.4, -0.2) is 38.1 Å². The molecule has 2 aromatic heterocycles. The largest absolute Gasteiger partial charge is 0.499 e. The van der Waals surface area contributed by atoms with Crippen LogP contribution in [-0.2, 0) is 16.2 Å². The number of imidazole rings is 1. The lowest BCUT2D eigenvalue weighted by Gasteiger charge is -2.14. The molecule has 8 heteroatoms. The minimum absolute atomic E-state index is 0.240. The van der Waals surface area contributed by atoms with Gasteiger partial charge < -0.3 is 15.2 Å². The maximum atomic E-state index is 5.78. The minimum atomic E-state index is -0.240. The molecule has 0 saturated heterocycles. The van der Waals surface area contributed by atoms with Gasteiger partial charge in [0.1, 0.15) is 31.3 Å². The first-order valence-corrected chi connectivity index (χ1v) is 6.11. The summed E-state index contributed by atoms with van der Waals surface area (Å²) in [6.07, 6.45) is 4.09. The normalized spacial score (nSPS) is 12.5. The molecule has 2 aromatic rings. The Balaban J connectivity index is 2.05. The first-order chi connectivity index (χ1) is 9.26. The van der Waals surface area contributed by atoms with Crippen molar-refractivity contribution in [2.75, 3.05) is 18.2 Å². The summed E-state index contributed by atoms with van der Waals surface area (Å²) in [6, 6.07) is 0. The number of fused-ring (bicyclic) bond motifs is 1. The minimum Gasteiger partial charge on any atom is -0.499 e. The first-order valence-electron chi connectivity index (χ1n) is 5.57. The van der Waals surface area contributed by atoms with Crippen molar-refractivity contribution >= 4 is 28.6 Å². The summed E-state index contributed by atoms with van der Waals surface area (Å²) < 4.78 is 12.4. The van der Waals surface area contributed by atoms with E-state index in [0.29, 0.717) is 29.5 Å². The topological polar surface area (TPSA) is 88.1 Å². The van der Waals surface area contributed by atoms with Gasteiger partial charge in [0, 0.05) is 0 Å². The molecule has 0 amide bonds. The summed E-state index contributed by atoms with van der Waals surface area (Å²) in [6.45, 7) is 4.06. The van der Waals surface area contributed by atoms with Crippen molar-refractivity contribution in [2.24, 2.45) is 0 Å². The van der Waals surface area contributed by atoms with Gasteiger partial charge in [0.25, 0.3) is 0 Å². The number of ether oxygens (including phenoxy) is 2. The van der Waals surface area contributed by atoms with E-state index in [1.54, 1.807) is 10.9 Å². The molecule has 1 unspecified atom stereocenters. The van der Waals surface area contributed by atoms with Crippen LogP contribution in [0.1, 0.15) is 0 Å². The van der Waals surface area contributed by atoms with E-state index in [4.69, 9.17) is 26.8 Å². The highest BCUT2D eigenvalue weighted by molar-refractivity contribution is 6.18. The summed E-state index contributed by atoms with van der Waals surface area (Å²) in [7, 11) is 0. The van der Waals surface area contributed by atoms with E-state index in [9.17, 15) is 0 Å². The van der Waals surface area contributed by atoms with E-state index in [1.807, 2.05) is 0 Å². The monoisotopic (exact) mass is 283 g/mol. The number of halogens is 1. The summed E-state index contributed by atoms with van der Waals surface area (Å²) in [5.74, 6) is 0.657. The smallest absolute Gasteiger partial charge is 0.167 e. The van der Waals surface area contributed by atoms with E-state index in [0.717, 1.165) is 0 Å². The highest BCUT2D eigenvalue weighted by atomic mass is 35.5. The Bertz CT molecular complexity index is 559. The lowest BCUT2D eigenvalue weighted by atomic mass is 10.4. The van der Waals surface area contributed by atoms with E-state index in [1.165, 1.54) is 12.6 Å². The molecular weight excluding hydrogens is 270 g/mol. The molecule has 2 N–H and O–H groups in total. The predicted molar refractivity (Wildman–Crippen MR) is 71.5 cm³/mol. The lowest BCUT2D eigenvalue weighted by molar-refractivity contribution is -0.0129. The second-order valence-electron chi connectivity index (χ2n) is 3.72. The van der Waals surface area contributed by atoms with Crippen LogP contribution in [0.4, 0.5) is 5.82 Å². The Hall–Kier alpha value is -1.86. The SMILES string of the molecule is C=COCC(CCl)OCn1cnc2c(N)ncnc21. The van der Waals surface area contributed by atoms with Crippen LogP contribution in [0.2, 0.25) is 0 Å². The maximum absolute atomic E-state index is 5.78. The molecule has 2 rings (SSSR count). The van der Waals surface area contributed by atoms with E-state index in [2.05, 4.69) is 21.5 Å². The van der Waals surface area contributed by atoms with E-state index < -0.39 is 0 Å². The molecule has 0 aliphatic rings. The Kier molecular flexibility index (Phi) is 4.53. The Morgan fingerprint density at radius 2 is 2.32 bits per heavy atom. The molecule has 0 radical (unpaired) electrons. The number of anilines is 1. The number of aromatic nitrogens is 4. The van der Waals surface area contributed by atoms with Crippen LogP contribution >= 0.6 is 11.6 Å². The molecule has 0 aromatic carbocycles. The summed E-state index contributed by atoms with van der Waals surface area (Å²) in [5.41, 5.74) is 6.87. The van der Waals surface area contributed by atoms with Gasteiger partial charge >= 0.3 is 0 Å². The van der Waals surface area contributed by atoms with Gasteiger partial charge in [-0.05, 0) is 0 Å². The average Bonchev–Trinajstić information content (AvgIpc) is 2.84. The van der Waals surface area contributed by atoms with Gasteiger partial charge in [-0.3, -0.25) is 4.57 Å². The van der Waals surface area contributed by atoms with Crippen LogP contribution in [0.3, 0.4) is 0 Å². The molecule has 19 heavy (non-hydrogen) atoms. The Morgan fingerprint density at radius 1 is 1.47 bits per heavy atom. The molecular formula is C11H14ClN5O2. The fourth-order valence-electron chi connectivity index (χ4n) is 1.49. The van der Waals surface area contributed by atoms with Crippen molar-refractivity contribution in [1.29, 1.82) is 0 Å². The standard InChI is InChI=1S/C11H14ClN5O2/c1-2-18-4-8(3-12)19-7-17-6-16-9-10(13)14-5-15-11(9)17/h2,5-6,8H,1,3-4,7H2,(H2,13,14,15). The fourth-order valence-corrected chi connectivity index (χ4v) is 1.67. The zero-order chi connectivity index (χ0) is 13.7. The molecule has 0 fully saturated rings. The van der Waals surface area contributed by atoms with Crippen LogP contribution in [0.15, 0.2) is 25.5 Å².